The monoisotopic (exact) mass is 239 g/mol. The van der Waals surface area contributed by atoms with Crippen LogP contribution in [0.15, 0.2) is 60.8 Å². The molecule has 0 aliphatic heterocycles. The summed E-state index contributed by atoms with van der Waals surface area (Å²) in [6.07, 6.45) is 1.80. The Bertz CT molecular complexity index is 676. The van der Waals surface area contributed by atoms with Gasteiger partial charge >= 0.3 is 0 Å². The maximum absolute atomic E-state index is 6.19. The van der Waals surface area contributed by atoms with E-state index in [0.29, 0.717) is 0 Å². The maximum atomic E-state index is 6.19. The third kappa shape index (κ3) is 1.90. The van der Waals surface area contributed by atoms with Crippen molar-refractivity contribution in [2.75, 3.05) is 0 Å². The van der Waals surface area contributed by atoms with Crippen LogP contribution in [0, 0.1) is 0 Å². The molecule has 0 bridgehead atoms. The van der Waals surface area contributed by atoms with Gasteiger partial charge in [0.25, 0.3) is 0 Å². The number of pyridine rings is 1. The minimum Gasteiger partial charge on any atom is -0.256 e. The largest absolute Gasteiger partial charge is 0.256 e. The van der Waals surface area contributed by atoms with Crippen molar-refractivity contribution in [3.05, 3.63) is 65.8 Å². The van der Waals surface area contributed by atoms with Gasteiger partial charge < -0.3 is 0 Å². The van der Waals surface area contributed by atoms with E-state index >= 15 is 0 Å². The molecule has 0 fully saturated rings. The van der Waals surface area contributed by atoms with E-state index in [1.807, 2.05) is 36.4 Å². The van der Waals surface area contributed by atoms with E-state index in [2.05, 4.69) is 23.2 Å². The van der Waals surface area contributed by atoms with Gasteiger partial charge in [0.05, 0.1) is 5.52 Å². The molecule has 3 aromatic rings. The van der Waals surface area contributed by atoms with Gasteiger partial charge in [0.1, 0.15) is 0 Å². The summed E-state index contributed by atoms with van der Waals surface area (Å²) in [5.41, 5.74) is 3.18. The molecule has 0 radical (unpaired) electrons. The van der Waals surface area contributed by atoms with Crippen LogP contribution in [0.4, 0.5) is 0 Å². The first kappa shape index (κ1) is 10.3. The molecule has 0 amide bonds. The van der Waals surface area contributed by atoms with E-state index in [-0.39, 0.29) is 0 Å². The molecule has 0 saturated carbocycles. The lowest BCUT2D eigenvalue weighted by atomic mass is 10.0. The molecule has 17 heavy (non-hydrogen) atoms. The van der Waals surface area contributed by atoms with Gasteiger partial charge in [-0.25, -0.2) is 0 Å². The Morgan fingerprint density at radius 2 is 1.76 bits per heavy atom. The van der Waals surface area contributed by atoms with Crippen molar-refractivity contribution in [2.24, 2.45) is 0 Å². The molecular weight excluding hydrogens is 230 g/mol. The first-order valence-electron chi connectivity index (χ1n) is 5.44. The van der Waals surface area contributed by atoms with E-state index in [9.17, 15) is 0 Å². The van der Waals surface area contributed by atoms with Crippen LogP contribution in [0.2, 0.25) is 5.02 Å². The first-order chi connectivity index (χ1) is 8.34. The van der Waals surface area contributed by atoms with E-state index in [4.69, 9.17) is 11.6 Å². The molecular formula is C15H10ClN. The molecule has 82 valence electrons. The topological polar surface area (TPSA) is 12.9 Å². The fraction of sp³-hybridized carbons (Fsp3) is 0. The normalized spacial score (nSPS) is 10.6. The first-order valence-corrected chi connectivity index (χ1v) is 5.82. The number of nitrogens with zero attached hydrogens (tertiary/aromatic N) is 1. The fourth-order valence-electron chi connectivity index (χ4n) is 1.94. The Morgan fingerprint density at radius 1 is 0.882 bits per heavy atom. The van der Waals surface area contributed by atoms with Gasteiger partial charge in [-0.2, -0.15) is 0 Å². The van der Waals surface area contributed by atoms with Crippen LogP contribution in [0.25, 0.3) is 22.0 Å². The van der Waals surface area contributed by atoms with Crippen molar-refractivity contribution in [2.45, 2.75) is 0 Å². The van der Waals surface area contributed by atoms with E-state index < -0.39 is 0 Å². The van der Waals surface area contributed by atoms with Crippen molar-refractivity contribution in [3.8, 4) is 11.1 Å². The summed E-state index contributed by atoms with van der Waals surface area (Å²) < 4.78 is 0. The molecule has 2 aromatic carbocycles. The summed E-state index contributed by atoms with van der Waals surface area (Å²) in [6, 6.07) is 18.1. The highest BCUT2D eigenvalue weighted by Gasteiger charge is 2.03. The van der Waals surface area contributed by atoms with Crippen LogP contribution in [0.3, 0.4) is 0 Å². The lowest BCUT2D eigenvalue weighted by Gasteiger charge is -2.05. The Labute approximate surface area is 105 Å². The molecule has 0 saturated heterocycles. The molecule has 0 spiro atoms. The SMILES string of the molecule is Clc1ccccc1-c1ccc2ncccc2c1. The van der Waals surface area contributed by atoms with Gasteiger partial charge in [0.15, 0.2) is 0 Å². The number of hydrogen-bond donors (Lipinski definition) is 0. The number of aromatic nitrogens is 1. The highest BCUT2D eigenvalue weighted by atomic mass is 35.5. The van der Waals surface area contributed by atoms with Gasteiger partial charge in [-0.05, 0) is 29.8 Å². The summed E-state index contributed by atoms with van der Waals surface area (Å²) in [5, 5.41) is 1.90. The Morgan fingerprint density at radius 3 is 2.65 bits per heavy atom. The zero-order valence-electron chi connectivity index (χ0n) is 9.10. The van der Waals surface area contributed by atoms with Crippen LogP contribution in [0.1, 0.15) is 0 Å². The lowest BCUT2D eigenvalue weighted by Crippen LogP contribution is -1.81. The maximum Gasteiger partial charge on any atom is 0.0702 e. The van der Waals surface area contributed by atoms with Gasteiger partial charge in [0.2, 0.25) is 0 Å². The second kappa shape index (κ2) is 4.19. The van der Waals surface area contributed by atoms with Crippen LogP contribution in [0.5, 0.6) is 0 Å². The second-order valence-corrected chi connectivity index (χ2v) is 4.30. The molecule has 0 atom stereocenters. The standard InChI is InChI=1S/C15H10ClN/c16-14-6-2-1-5-13(14)11-7-8-15-12(10-11)4-3-9-17-15/h1-10H. The van der Waals surface area contributed by atoms with Gasteiger partial charge in [-0.15, -0.1) is 0 Å². The predicted molar refractivity (Wildman–Crippen MR) is 72.2 cm³/mol. The van der Waals surface area contributed by atoms with Crippen LogP contribution < -0.4 is 0 Å². The molecule has 0 aliphatic carbocycles. The van der Waals surface area contributed by atoms with E-state index in [0.717, 1.165) is 27.1 Å². The predicted octanol–water partition coefficient (Wildman–Crippen LogP) is 4.56. The molecule has 2 heteroatoms. The smallest absolute Gasteiger partial charge is 0.0702 e. The molecule has 0 aliphatic rings. The Balaban J connectivity index is 2.22. The van der Waals surface area contributed by atoms with E-state index in [1.165, 1.54) is 0 Å². The quantitative estimate of drug-likeness (QED) is 0.607. The minimum absolute atomic E-state index is 0.774. The summed E-state index contributed by atoms with van der Waals surface area (Å²) >= 11 is 6.19. The van der Waals surface area contributed by atoms with Crippen molar-refractivity contribution in [3.63, 3.8) is 0 Å². The molecule has 0 N–H and O–H groups in total. The molecule has 3 rings (SSSR count). The van der Waals surface area contributed by atoms with E-state index in [1.54, 1.807) is 6.20 Å². The van der Waals surface area contributed by atoms with Crippen molar-refractivity contribution < 1.29 is 0 Å². The van der Waals surface area contributed by atoms with Crippen LogP contribution >= 0.6 is 11.6 Å². The highest BCUT2D eigenvalue weighted by molar-refractivity contribution is 6.33. The minimum atomic E-state index is 0.774. The molecule has 1 aromatic heterocycles. The highest BCUT2D eigenvalue weighted by Crippen LogP contribution is 2.29. The van der Waals surface area contributed by atoms with Gasteiger partial charge in [-0.3, -0.25) is 4.98 Å². The van der Waals surface area contributed by atoms with Crippen molar-refractivity contribution >= 4 is 22.5 Å². The number of benzene rings is 2. The zero-order chi connectivity index (χ0) is 11.7. The Hall–Kier alpha value is -1.86. The third-order valence-corrected chi connectivity index (χ3v) is 3.12. The average Bonchev–Trinajstić information content (AvgIpc) is 2.39. The van der Waals surface area contributed by atoms with Crippen LogP contribution in [-0.2, 0) is 0 Å². The fourth-order valence-corrected chi connectivity index (χ4v) is 2.18. The van der Waals surface area contributed by atoms with Crippen molar-refractivity contribution in [1.29, 1.82) is 0 Å². The Kier molecular flexibility index (Phi) is 2.54. The number of hydrogen-bond acceptors (Lipinski definition) is 1. The lowest BCUT2D eigenvalue weighted by molar-refractivity contribution is 1.41. The molecule has 1 nitrogen and oxygen atoms in total. The number of halogens is 1. The van der Waals surface area contributed by atoms with Gasteiger partial charge in [-0.1, -0.05) is 41.9 Å². The number of rotatable bonds is 1. The molecule has 1 heterocycles. The average molecular weight is 240 g/mol. The summed E-state index contributed by atoms with van der Waals surface area (Å²) in [4.78, 5) is 4.31. The second-order valence-electron chi connectivity index (χ2n) is 3.89. The number of fused-ring (bicyclic) bond motifs is 1. The summed E-state index contributed by atoms with van der Waals surface area (Å²) in [7, 11) is 0. The van der Waals surface area contributed by atoms with Crippen molar-refractivity contribution in [1.82, 2.24) is 4.98 Å². The zero-order valence-corrected chi connectivity index (χ0v) is 9.85. The van der Waals surface area contributed by atoms with Crippen LogP contribution in [-0.4, -0.2) is 4.98 Å². The van der Waals surface area contributed by atoms with Gasteiger partial charge in [0, 0.05) is 22.2 Å². The summed E-state index contributed by atoms with van der Waals surface area (Å²) in [6.45, 7) is 0. The summed E-state index contributed by atoms with van der Waals surface area (Å²) in [5.74, 6) is 0. The third-order valence-electron chi connectivity index (χ3n) is 2.79. The molecule has 0 unspecified atom stereocenters.